The monoisotopic (exact) mass is 387 g/mol. The summed E-state index contributed by atoms with van der Waals surface area (Å²) in [7, 11) is 0. The molecule has 4 rings (SSSR count). The largest absolute Gasteiger partial charge is 0.350 e. The Morgan fingerprint density at radius 3 is 2.81 bits per heavy atom. The first kappa shape index (κ1) is 17.7. The second-order valence-corrected chi connectivity index (χ2v) is 7.74. The van der Waals surface area contributed by atoms with Crippen LogP contribution in [-0.4, -0.2) is 29.3 Å². The van der Waals surface area contributed by atoms with Gasteiger partial charge in [0.1, 0.15) is 17.9 Å². The van der Waals surface area contributed by atoms with Gasteiger partial charge in [0.25, 0.3) is 5.91 Å². The minimum absolute atomic E-state index is 0.197. The molecule has 2 N–H and O–H groups in total. The lowest BCUT2D eigenvalue weighted by Crippen LogP contribution is -2.46. The molecular weight excluding hydrogens is 369 g/mol. The number of halogens is 1. The number of thiophene rings is 1. The van der Waals surface area contributed by atoms with Gasteiger partial charge >= 0.3 is 6.03 Å². The van der Waals surface area contributed by atoms with Crippen LogP contribution in [0.25, 0.3) is 0 Å². The highest BCUT2D eigenvalue weighted by Crippen LogP contribution is 2.41. The highest BCUT2D eigenvalue weighted by atomic mass is 32.1. The first-order valence-electron chi connectivity index (χ1n) is 8.72. The van der Waals surface area contributed by atoms with E-state index in [1.165, 1.54) is 12.1 Å². The van der Waals surface area contributed by atoms with Gasteiger partial charge in [-0.2, -0.15) is 0 Å². The van der Waals surface area contributed by atoms with Crippen molar-refractivity contribution in [1.82, 2.24) is 15.5 Å². The Balaban J connectivity index is 1.44. The summed E-state index contributed by atoms with van der Waals surface area (Å²) in [5, 5.41) is 7.40. The topological polar surface area (TPSA) is 78.5 Å². The Hall–Kier alpha value is -2.74. The Kier molecular flexibility index (Phi) is 4.43. The van der Waals surface area contributed by atoms with E-state index >= 15 is 0 Å². The lowest BCUT2D eigenvalue weighted by Gasteiger charge is -2.31. The number of amides is 4. The van der Waals surface area contributed by atoms with Crippen LogP contribution in [0.2, 0.25) is 0 Å². The maximum Gasteiger partial charge on any atom is 0.325 e. The lowest BCUT2D eigenvalue weighted by molar-refractivity contribution is -0.135. The van der Waals surface area contributed by atoms with Crippen molar-refractivity contribution in [3.05, 3.63) is 57.5 Å². The summed E-state index contributed by atoms with van der Waals surface area (Å²) in [5.74, 6) is -1.17. The average molecular weight is 387 g/mol. The fourth-order valence-electron chi connectivity index (χ4n) is 3.69. The molecule has 4 amide bonds. The molecule has 0 bridgehead atoms. The van der Waals surface area contributed by atoms with E-state index in [4.69, 9.17) is 0 Å². The van der Waals surface area contributed by atoms with Gasteiger partial charge in [-0.3, -0.25) is 14.5 Å². The molecule has 0 radical (unpaired) electrons. The fraction of sp³-hybridized carbons (Fsp3) is 0.316. The van der Waals surface area contributed by atoms with Gasteiger partial charge in [0.05, 0.1) is 0 Å². The molecule has 2 heterocycles. The molecule has 1 atom stereocenters. The molecule has 2 aromatic rings. The van der Waals surface area contributed by atoms with Crippen molar-refractivity contribution < 1.29 is 18.8 Å². The zero-order valence-corrected chi connectivity index (χ0v) is 15.3. The van der Waals surface area contributed by atoms with Crippen LogP contribution < -0.4 is 10.6 Å². The normalized spacial score (nSPS) is 21.3. The smallest absolute Gasteiger partial charge is 0.325 e. The summed E-state index contributed by atoms with van der Waals surface area (Å²) in [5.41, 5.74) is 0.543. The molecule has 1 spiro atoms. The number of nitrogens with one attached hydrogen (secondary N) is 2. The molecular formula is C19H18FN3O3S. The first-order chi connectivity index (χ1) is 13.0. The molecule has 6 nitrogen and oxygen atoms in total. The van der Waals surface area contributed by atoms with Crippen LogP contribution in [-0.2, 0) is 28.1 Å². The first-order valence-corrected chi connectivity index (χ1v) is 9.60. The summed E-state index contributed by atoms with van der Waals surface area (Å²) in [6, 6.07) is 7.09. The SMILES string of the molecule is O=C(CN1C(=O)N[C@@]2(CCCc3sccc32)C1=O)NCc1ccc(F)cc1. The number of urea groups is 1. The van der Waals surface area contributed by atoms with Gasteiger partial charge in [-0.25, -0.2) is 9.18 Å². The molecule has 27 heavy (non-hydrogen) atoms. The average Bonchev–Trinajstić information content (AvgIpc) is 3.22. The van der Waals surface area contributed by atoms with Crippen molar-refractivity contribution >= 4 is 29.2 Å². The number of rotatable bonds is 4. The van der Waals surface area contributed by atoms with Crippen LogP contribution in [0.5, 0.6) is 0 Å². The molecule has 140 valence electrons. The predicted molar refractivity (Wildman–Crippen MR) is 97.4 cm³/mol. The van der Waals surface area contributed by atoms with Crippen LogP contribution in [0.15, 0.2) is 35.7 Å². The molecule has 1 aliphatic carbocycles. The summed E-state index contributed by atoms with van der Waals surface area (Å²) >= 11 is 1.58. The second-order valence-electron chi connectivity index (χ2n) is 6.74. The van der Waals surface area contributed by atoms with Gasteiger partial charge in [-0.15, -0.1) is 11.3 Å². The highest BCUT2D eigenvalue weighted by molar-refractivity contribution is 7.10. The van der Waals surface area contributed by atoms with E-state index in [-0.39, 0.29) is 24.8 Å². The van der Waals surface area contributed by atoms with Crippen LogP contribution in [0, 0.1) is 5.82 Å². The third-order valence-electron chi connectivity index (χ3n) is 5.04. The van der Waals surface area contributed by atoms with Crippen molar-refractivity contribution in [1.29, 1.82) is 0 Å². The zero-order chi connectivity index (χ0) is 19.0. The quantitative estimate of drug-likeness (QED) is 0.790. The summed E-state index contributed by atoms with van der Waals surface area (Å²) < 4.78 is 12.9. The molecule has 2 aliphatic rings. The number of carbonyl (C=O) groups excluding carboxylic acids is 3. The van der Waals surface area contributed by atoms with Crippen LogP contribution in [0.4, 0.5) is 9.18 Å². The van der Waals surface area contributed by atoms with E-state index in [9.17, 15) is 18.8 Å². The van der Waals surface area contributed by atoms with E-state index in [1.807, 2.05) is 11.4 Å². The van der Waals surface area contributed by atoms with Crippen LogP contribution >= 0.6 is 11.3 Å². The maximum absolute atomic E-state index is 13.0. The molecule has 1 saturated heterocycles. The van der Waals surface area contributed by atoms with Gasteiger partial charge in [-0.05, 0) is 48.4 Å². The third-order valence-corrected chi connectivity index (χ3v) is 6.02. The molecule has 1 fully saturated rings. The number of benzene rings is 1. The molecule has 1 aliphatic heterocycles. The Bertz CT molecular complexity index is 911. The number of hydrogen-bond acceptors (Lipinski definition) is 4. The minimum Gasteiger partial charge on any atom is -0.350 e. The molecule has 0 unspecified atom stereocenters. The Morgan fingerprint density at radius 2 is 2.04 bits per heavy atom. The van der Waals surface area contributed by atoms with Gasteiger partial charge in [0.2, 0.25) is 5.91 Å². The van der Waals surface area contributed by atoms with Gasteiger partial charge in [0, 0.05) is 17.0 Å². The van der Waals surface area contributed by atoms with Gasteiger partial charge in [0.15, 0.2) is 0 Å². The van der Waals surface area contributed by atoms with E-state index in [2.05, 4.69) is 10.6 Å². The zero-order valence-electron chi connectivity index (χ0n) is 14.5. The van der Waals surface area contributed by atoms with Gasteiger partial charge in [-0.1, -0.05) is 12.1 Å². The standard InChI is InChI=1S/C19H18FN3O3S/c20-13-5-3-12(4-6-13)10-21-16(24)11-23-17(25)19(22-18(23)26)8-1-2-15-14(19)7-9-27-15/h3-7,9H,1-2,8,10-11H2,(H,21,24)(H,22,26)/t19-/m1/s1. The number of imide groups is 1. The maximum atomic E-state index is 13.0. The summed E-state index contributed by atoms with van der Waals surface area (Å²) in [6.45, 7) is -0.143. The number of fused-ring (bicyclic) bond motifs is 2. The van der Waals surface area contributed by atoms with E-state index in [0.29, 0.717) is 6.42 Å². The fourth-order valence-corrected chi connectivity index (χ4v) is 4.69. The summed E-state index contributed by atoms with van der Waals surface area (Å²) in [4.78, 5) is 39.8. The highest BCUT2D eigenvalue weighted by Gasteiger charge is 2.54. The molecule has 8 heteroatoms. The van der Waals surface area contributed by atoms with Crippen LogP contribution in [0.1, 0.15) is 28.8 Å². The lowest BCUT2D eigenvalue weighted by atomic mass is 9.80. The predicted octanol–water partition coefficient (Wildman–Crippen LogP) is 2.29. The van der Waals surface area contributed by atoms with E-state index in [0.717, 1.165) is 33.7 Å². The van der Waals surface area contributed by atoms with Crippen molar-refractivity contribution in [3.63, 3.8) is 0 Å². The number of nitrogens with zero attached hydrogens (tertiary/aromatic N) is 1. The Morgan fingerprint density at radius 1 is 1.26 bits per heavy atom. The molecule has 1 aromatic heterocycles. The minimum atomic E-state index is -1.04. The third kappa shape index (κ3) is 3.10. The Labute approximate surface area is 159 Å². The van der Waals surface area contributed by atoms with E-state index in [1.54, 1.807) is 23.5 Å². The number of aryl methyl sites for hydroxylation is 1. The second kappa shape index (κ2) is 6.77. The van der Waals surface area contributed by atoms with Crippen LogP contribution in [0.3, 0.4) is 0 Å². The van der Waals surface area contributed by atoms with Crippen molar-refractivity contribution in [2.24, 2.45) is 0 Å². The van der Waals surface area contributed by atoms with Crippen molar-refractivity contribution in [3.8, 4) is 0 Å². The number of hydrogen-bond donors (Lipinski definition) is 2. The number of carbonyl (C=O) groups is 3. The van der Waals surface area contributed by atoms with Gasteiger partial charge < -0.3 is 10.6 Å². The van der Waals surface area contributed by atoms with Crippen molar-refractivity contribution in [2.45, 2.75) is 31.3 Å². The van der Waals surface area contributed by atoms with E-state index < -0.39 is 17.5 Å². The molecule has 1 aromatic carbocycles. The molecule has 0 saturated carbocycles. The van der Waals surface area contributed by atoms with Crippen molar-refractivity contribution in [2.75, 3.05) is 6.54 Å². The summed E-state index contributed by atoms with van der Waals surface area (Å²) in [6.07, 6.45) is 2.25.